The molecule has 0 amide bonds. The van der Waals surface area contributed by atoms with E-state index < -0.39 is 15.8 Å². The first-order valence-corrected chi connectivity index (χ1v) is 8.36. The number of piperidine rings is 1. The van der Waals surface area contributed by atoms with E-state index in [1.807, 2.05) is 0 Å². The van der Waals surface area contributed by atoms with Gasteiger partial charge in [0.25, 0.3) is 0 Å². The third kappa shape index (κ3) is 3.27. The van der Waals surface area contributed by atoms with Gasteiger partial charge in [-0.05, 0) is 37.5 Å². The van der Waals surface area contributed by atoms with E-state index in [9.17, 15) is 12.8 Å². The monoisotopic (exact) mass is 305 g/mol. The largest absolute Gasteiger partial charge is 0.243 e. The molecule has 1 fully saturated rings. The zero-order chi connectivity index (χ0) is 13.9. The SMILES string of the molecule is O=S(=O)(c1cccc(F)c1)N1CCCCC1CCCl. The van der Waals surface area contributed by atoms with Gasteiger partial charge in [0.05, 0.1) is 4.90 Å². The van der Waals surface area contributed by atoms with Gasteiger partial charge in [0.2, 0.25) is 10.0 Å². The number of alkyl halides is 1. The van der Waals surface area contributed by atoms with E-state index in [4.69, 9.17) is 11.6 Å². The summed E-state index contributed by atoms with van der Waals surface area (Å²) in [4.78, 5) is 0.0222. The second-order valence-corrected chi connectivity index (χ2v) is 6.97. The topological polar surface area (TPSA) is 37.4 Å². The predicted molar refractivity (Wildman–Crippen MR) is 73.3 cm³/mol. The van der Waals surface area contributed by atoms with E-state index >= 15 is 0 Å². The van der Waals surface area contributed by atoms with Crippen LogP contribution in [0.5, 0.6) is 0 Å². The normalized spacial score (nSPS) is 21.5. The summed E-state index contributed by atoms with van der Waals surface area (Å²) in [5, 5.41) is 0. The molecule has 1 aromatic rings. The van der Waals surface area contributed by atoms with Gasteiger partial charge in [-0.15, -0.1) is 11.6 Å². The summed E-state index contributed by atoms with van der Waals surface area (Å²) in [7, 11) is -3.62. The molecule has 0 aliphatic carbocycles. The van der Waals surface area contributed by atoms with Crippen molar-refractivity contribution in [2.24, 2.45) is 0 Å². The van der Waals surface area contributed by atoms with Crippen molar-refractivity contribution in [1.82, 2.24) is 4.31 Å². The van der Waals surface area contributed by atoms with Gasteiger partial charge in [-0.1, -0.05) is 12.5 Å². The third-order valence-electron chi connectivity index (χ3n) is 3.42. The molecule has 0 aromatic heterocycles. The second-order valence-electron chi connectivity index (χ2n) is 4.70. The number of hydrogen-bond donors (Lipinski definition) is 0. The number of benzene rings is 1. The molecule has 1 aromatic carbocycles. The van der Waals surface area contributed by atoms with Crippen LogP contribution in [0.2, 0.25) is 0 Å². The molecule has 0 radical (unpaired) electrons. The molecule has 0 bridgehead atoms. The maximum absolute atomic E-state index is 13.2. The Morgan fingerprint density at radius 2 is 2.16 bits per heavy atom. The number of halogens is 2. The molecule has 1 unspecified atom stereocenters. The average Bonchev–Trinajstić information content (AvgIpc) is 2.39. The zero-order valence-corrected chi connectivity index (χ0v) is 12.1. The Labute approximate surface area is 118 Å². The van der Waals surface area contributed by atoms with E-state index in [2.05, 4.69) is 0 Å². The lowest BCUT2D eigenvalue weighted by atomic mass is 10.0. The number of hydrogen-bond acceptors (Lipinski definition) is 2. The van der Waals surface area contributed by atoms with Crippen molar-refractivity contribution in [3.63, 3.8) is 0 Å². The Balaban J connectivity index is 2.31. The van der Waals surface area contributed by atoms with Crippen molar-refractivity contribution >= 4 is 21.6 Å². The molecule has 1 heterocycles. The maximum Gasteiger partial charge on any atom is 0.243 e. The number of sulfonamides is 1. The summed E-state index contributed by atoms with van der Waals surface area (Å²) in [6.45, 7) is 0.487. The standard InChI is InChI=1S/C13H17ClFNO2S/c14-8-7-12-5-1-2-9-16(12)19(17,18)13-6-3-4-11(15)10-13/h3-4,6,10,12H,1-2,5,7-9H2. The molecule has 1 saturated heterocycles. The fraction of sp³-hybridized carbons (Fsp3) is 0.538. The maximum atomic E-state index is 13.2. The van der Waals surface area contributed by atoms with Crippen LogP contribution >= 0.6 is 11.6 Å². The van der Waals surface area contributed by atoms with E-state index in [0.29, 0.717) is 18.8 Å². The Hall–Kier alpha value is -0.650. The van der Waals surface area contributed by atoms with Gasteiger partial charge in [0.1, 0.15) is 5.82 Å². The first kappa shape index (κ1) is 14.8. The first-order valence-electron chi connectivity index (χ1n) is 6.39. The van der Waals surface area contributed by atoms with Crippen LogP contribution < -0.4 is 0 Å². The average molecular weight is 306 g/mol. The van der Waals surface area contributed by atoms with E-state index in [-0.39, 0.29) is 10.9 Å². The van der Waals surface area contributed by atoms with Gasteiger partial charge in [0, 0.05) is 18.5 Å². The van der Waals surface area contributed by atoms with Crippen LogP contribution in [0.4, 0.5) is 4.39 Å². The summed E-state index contributed by atoms with van der Waals surface area (Å²) in [6.07, 6.45) is 3.31. The van der Waals surface area contributed by atoms with Gasteiger partial charge < -0.3 is 0 Å². The minimum Gasteiger partial charge on any atom is -0.207 e. The van der Waals surface area contributed by atoms with Crippen LogP contribution in [0.25, 0.3) is 0 Å². The molecule has 106 valence electrons. The highest BCUT2D eigenvalue weighted by atomic mass is 35.5. The molecule has 1 aliphatic rings. The van der Waals surface area contributed by atoms with Crippen molar-refractivity contribution in [3.05, 3.63) is 30.1 Å². The van der Waals surface area contributed by atoms with E-state index in [1.165, 1.54) is 22.5 Å². The molecule has 1 aliphatic heterocycles. The van der Waals surface area contributed by atoms with Crippen LogP contribution in [-0.4, -0.2) is 31.2 Å². The molecule has 3 nitrogen and oxygen atoms in total. The predicted octanol–water partition coefficient (Wildman–Crippen LogP) is 3.00. The smallest absolute Gasteiger partial charge is 0.207 e. The Kier molecular flexibility index (Phi) is 4.81. The van der Waals surface area contributed by atoms with Crippen LogP contribution in [0.3, 0.4) is 0 Å². The molecular formula is C13H17ClFNO2S. The highest BCUT2D eigenvalue weighted by Gasteiger charge is 2.33. The molecule has 6 heteroatoms. The van der Waals surface area contributed by atoms with Crippen LogP contribution in [-0.2, 0) is 10.0 Å². The van der Waals surface area contributed by atoms with Crippen molar-refractivity contribution in [2.45, 2.75) is 36.6 Å². The zero-order valence-electron chi connectivity index (χ0n) is 10.6. The molecule has 19 heavy (non-hydrogen) atoms. The molecule has 0 saturated carbocycles. The van der Waals surface area contributed by atoms with Crippen molar-refractivity contribution in [1.29, 1.82) is 0 Å². The van der Waals surface area contributed by atoms with Gasteiger partial charge in [0.15, 0.2) is 0 Å². The van der Waals surface area contributed by atoms with E-state index in [1.54, 1.807) is 0 Å². The van der Waals surface area contributed by atoms with Crippen molar-refractivity contribution in [3.8, 4) is 0 Å². The van der Waals surface area contributed by atoms with Crippen molar-refractivity contribution in [2.75, 3.05) is 12.4 Å². The molecule has 2 rings (SSSR count). The van der Waals surface area contributed by atoms with Crippen LogP contribution in [0, 0.1) is 5.82 Å². The van der Waals surface area contributed by atoms with E-state index in [0.717, 1.165) is 25.3 Å². The summed E-state index contributed by atoms with van der Waals surface area (Å²) in [5.74, 6) is -0.105. The Bertz CT molecular complexity index is 533. The fourth-order valence-electron chi connectivity index (χ4n) is 2.47. The fourth-order valence-corrected chi connectivity index (χ4v) is 4.48. The van der Waals surface area contributed by atoms with Crippen molar-refractivity contribution < 1.29 is 12.8 Å². The van der Waals surface area contributed by atoms with Gasteiger partial charge in [-0.25, -0.2) is 12.8 Å². The minimum atomic E-state index is -3.62. The van der Waals surface area contributed by atoms with Crippen LogP contribution in [0.15, 0.2) is 29.2 Å². The molecule has 1 atom stereocenters. The van der Waals surface area contributed by atoms with Gasteiger partial charge in [-0.3, -0.25) is 0 Å². The van der Waals surface area contributed by atoms with Gasteiger partial charge >= 0.3 is 0 Å². The molecular weight excluding hydrogens is 289 g/mol. The lowest BCUT2D eigenvalue weighted by molar-refractivity contribution is 0.247. The highest BCUT2D eigenvalue weighted by Crippen LogP contribution is 2.27. The lowest BCUT2D eigenvalue weighted by Crippen LogP contribution is -2.43. The summed E-state index contributed by atoms with van der Waals surface area (Å²) in [6, 6.07) is 5.10. The number of rotatable bonds is 4. The number of nitrogens with zero attached hydrogens (tertiary/aromatic N) is 1. The minimum absolute atomic E-state index is 0.0222. The first-order chi connectivity index (χ1) is 9.05. The van der Waals surface area contributed by atoms with Gasteiger partial charge in [-0.2, -0.15) is 4.31 Å². The third-order valence-corrected chi connectivity index (χ3v) is 5.58. The van der Waals surface area contributed by atoms with Crippen LogP contribution in [0.1, 0.15) is 25.7 Å². The quantitative estimate of drug-likeness (QED) is 0.802. The summed E-state index contributed by atoms with van der Waals surface area (Å²) < 4.78 is 39.8. The molecule has 0 spiro atoms. The highest BCUT2D eigenvalue weighted by molar-refractivity contribution is 7.89. The second kappa shape index (κ2) is 6.20. The molecule has 0 N–H and O–H groups in total. The Morgan fingerprint density at radius 1 is 1.37 bits per heavy atom. The summed E-state index contributed by atoms with van der Waals surface area (Å²) >= 11 is 5.74. The summed E-state index contributed by atoms with van der Waals surface area (Å²) in [5.41, 5.74) is 0. The Morgan fingerprint density at radius 3 is 2.84 bits per heavy atom. The lowest BCUT2D eigenvalue weighted by Gasteiger charge is -2.34.